The van der Waals surface area contributed by atoms with Crippen LogP contribution >= 0.6 is 11.3 Å². The monoisotopic (exact) mass is 247 g/mol. The highest BCUT2D eigenvalue weighted by Crippen LogP contribution is 2.24. The summed E-state index contributed by atoms with van der Waals surface area (Å²) >= 11 is 1.51. The number of nitrogens with two attached hydrogens (primary N) is 2. The number of hydrogen-bond acceptors (Lipinski definition) is 4. The summed E-state index contributed by atoms with van der Waals surface area (Å²) in [4.78, 5) is 15.1. The summed E-state index contributed by atoms with van der Waals surface area (Å²) < 4.78 is 0. The average Bonchev–Trinajstić information content (AvgIpc) is 2.77. The molecule has 1 heterocycles. The number of benzene rings is 1. The Hall–Kier alpha value is -1.72. The van der Waals surface area contributed by atoms with Crippen molar-refractivity contribution in [1.29, 1.82) is 0 Å². The van der Waals surface area contributed by atoms with E-state index in [4.69, 9.17) is 11.5 Å². The molecule has 0 spiro atoms. The van der Waals surface area contributed by atoms with E-state index in [2.05, 4.69) is 4.98 Å². The molecular weight excluding hydrogens is 234 g/mol. The lowest BCUT2D eigenvalue weighted by Gasteiger charge is -1.98. The van der Waals surface area contributed by atoms with Gasteiger partial charge in [0.1, 0.15) is 5.01 Å². The second kappa shape index (κ2) is 5.07. The lowest BCUT2D eigenvalue weighted by molar-refractivity contribution is -0.117. The first-order valence-corrected chi connectivity index (χ1v) is 6.09. The van der Waals surface area contributed by atoms with Gasteiger partial charge in [0.05, 0.1) is 12.1 Å². The molecule has 0 aliphatic heterocycles. The van der Waals surface area contributed by atoms with E-state index >= 15 is 0 Å². The first kappa shape index (κ1) is 11.8. The Balaban J connectivity index is 2.21. The molecule has 5 heteroatoms. The Kier molecular flexibility index (Phi) is 3.51. The van der Waals surface area contributed by atoms with Crippen molar-refractivity contribution in [3.05, 3.63) is 40.9 Å². The number of aromatic nitrogens is 1. The lowest BCUT2D eigenvalue weighted by atomic mass is 10.1. The summed E-state index contributed by atoms with van der Waals surface area (Å²) in [6.45, 7) is 0.533. The highest BCUT2D eigenvalue weighted by Gasteiger charge is 2.06. The van der Waals surface area contributed by atoms with Crippen molar-refractivity contribution in [1.82, 2.24) is 4.98 Å². The van der Waals surface area contributed by atoms with Crippen molar-refractivity contribution >= 4 is 17.2 Å². The van der Waals surface area contributed by atoms with Gasteiger partial charge in [0.25, 0.3) is 0 Å². The number of primary amides is 1. The number of thiazole rings is 1. The van der Waals surface area contributed by atoms with Gasteiger partial charge in [-0.15, -0.1) is 11.3 Å². The first-order chi connectivity index (χ1) is 8.19. The molecule has 2 aromatic rings. The van der Waals surface area contributed by atoms with E-state index in [0.29, 0.717) is 6.54 Å². The van der Waals surface area contributed by atoms with Gasteiger partial charge in [-0.2, -0.15) is 0 Å². The summed E-state index contributed by atoms with van der Waals surface area (Å²) in [5.41, 5.74) is 13.5. The van der Waals surface area contributed by atoms with E-state index in [1.54, 1.807) is 0 Å². The van der Waals surface area contributed by atoms with Crippen molar-refractivity contribution < 1.29 is 4.79 Å². The fraction of sp³-hybridized carbons (Fsp3) is 0.167. The maximum absolute atomic E-state index is 10.8. The standard InChI is InChI=1S/C12H13N3OS/c13-6-8-1-3-9(4-2-8)12-15-10(7-17-12)5-11(14)16/h1-4,7H,5-6,13H2,(H2,14,16). The topological polar surface area (TPSA) is 82.0 Å². The highest BCUT2D eigenvalue weighted by atomic mass is 32.1. The quantitative estimate of drug-likeness (QED) is 0.854. The summed E-state index contributed by atoms with van der Waals surface area (Å²) in [7, 11) is 0. The molecule has 4 nitrogen and oxygen atoms in total. The van der Waals surface area contributed by atoms with Crippen LogP contribution in [0.25, 0.3) is 10.6 Å². The molecule has 0 atom stereocenters. The highest BCUT2D eigenvalue weighted by molar-refractivity contribution is 7.13. The van der Waals surface area contributed by atoms with Gasteiger partial charge in [0.15, 0.2) is 0 Å². The number of hydrogen-bond donors (Lipinski definition) is 2. The molecule has 0 unspecified atom stereocenters. The minimum absolute atomic E-state index is 0.192. The zero-order chi connectivity index (χ0) is 12.3. The molecule has 2 rings (SSSR count). The van der Waals surface area contributed by atoms with Crippen LogP contribution in [0.1, 0.15) is 11.3 Å². The fourth-order valence-corrected chi connectivity index (χ4v) is 2.31. The summed E-state index contributed by atoms with van der Waals surface area (Å²) in [6, 6.07) is 7.92. The number of carbonyl (C=O) groups excluding carboxylic acids is 1. The number of carbonyl (C=O) groups is 1. The largest absolute Gasteiger partial charge is 0.369 e. The minimum Gasteiger partial charge on any atom is -0.369 e. The van der Waals surface area contributed by atoms with Gasteiger partial charge in [-0.05, 0) is 5.56 Å². The van der Waals surface area contributed by atoms with E-state index in [9.17, 15) is 4.79 Å². The zero-order valence-electron chi connectivity index (χ0n) is 9.22. The van der Waals surface area contributed by atoms with E-state index < -0.39 is 0 Å². The second-order valence-electron chi connectivity index (χ2n) is 3.69. The molecule has 0 aliphatic carbocycles. The van der Waals surface area contributed by atoms with E-state index in [0.717, 1.165) is 21.8 Å². The Morgan fingerprint density at radius 3 is 2.59 bits per heavy atom. The molecule has 0 saturated carbocycles. The van der Waals surface area contributed by atoms with E-state index in [-0.39, 0.29) is 12.3 Å². The van der Waals surface area contributed by atoms with Crippen molar-refractivity contribution in [2.75, 3.05) is 0 Å². The molecule has 4 N–H and O–H groups in total. The smallest absolute Gasteiger partial charge is 0.223 e. The first-order valence-electron chi connectivity index (χ1n) is 5.21. The third-order valence-electron chi connectivity index (χ3n) is 2.34. The van der Waals surface area contributed by atoms with Crippen LogP contribution in [-0.2, 0) is 17.8 Å². The fourth-order valence-electron chi connectivity index (χ4n) is 1.48. The Morgan fingerprint density at radius 1 is 1.29 bits per heavy atom. The predicted molar refractivity (Wildman–Crippen MR) is 68.3 cm³/mol. The third-order valence-corrected chi connectivity index (χ3v) is 3.28. The molecule has 0 fully saturated rings. The normalized spacial score (nSPS) is 10.4. The van der Waals surface area contributed by atoms with Crippen LogP contribution in [0.2, 0.25) is 0 Å². The van der Waals surface area contributed by atoms with Crippen molar-refractivity contribution in [3.63, 3.8) is 0 Å². The van der Waals surface area contributed by atoms with Crippen LogP contribution in [0.3, 0.4) is 0 Å². The lowest BCUT2D eigenvalue weighted by Crippen LogP contribution is -2.13. The Labute approximate surface area is 103 Å². The molecule has 0 saturated heterocycles. The second-order valence-corrected chi connectivity index (χ2v) is 4.55. The summed E-state index contributed by atoms with van der Waals surface area (Å²) in [6.07, 6.45) is 0.192. The van der Waals surface area contributed by atoms with Gasteiger partial charge in [-0.1, -0.05) is 24.3 Å². The van der Waals surface area contributed by atoms with Crippen LogP contribution in [0.4, 0.5) is 0 Å². The molecule has 1 aromatic carbocycles. The minimum atomic E-state index is -0.361. The van der Waals surface area contributed by atoms with Crippen molar-refractivity contribution in [2.45, 2.75) is 13.0 Å². The van der Waals surface area contributed by atoms with Gasteiger partial charge in [0, 0.05) is 17.5 Å². The van der Waals surface area contributed by atoms with Gasteiger partial charge in [-0.25, -0.2) is 4.98 Å². The summed E-state index contributed by atoms with van der Waals surface area (Å²) in [5, 5.41) is 2.75. The van der Waals surface area contributed by atoms with Crippen LogP contribution < -0.4 is 11.5 Å². The molecule has 1 aromatic heterocycles. The SMILES string of the molecule is NCc1ccc(-c2nc(CC(N)=O)cs2)cc1. The summed E-state index contributed by atoms with van der Waals surface area (Å²) in [5.74, 6) is -0.361. The number of nitrogens with zero attached hydrogens (tertiary/aromatic N) is 1. The Bertz CT molecular complexity index is 519. The molecule has 0 bridgehead atoms. The van der Waals surface area contributed by atoms with Crippen molar-refractivity contribution in [2.24, 2.45) is 11.5 Å². The molecular formula is C12H13N3OS. The predicted octanol–water partition coefficient (Wildman–Crippen LogP) is 1.30. The molecule has 0 aliphatic rings. The van der Waals surface area contributed by atoms with Crippen LogP contribution in [0.15, 0.2) is 29.6 Å². The van der Waals surface area contributed by atoms with Gasteiger partial charge >= 0.3 is 0 Å². The van der Waals surface area contributed by atoms with Gasteiger partial charge < -0.3 is 11.5 Å². The van der Waals surface area contributed by atoms with Gasteiger partial charge in [-0.3, -0.25) is 4.79 Å². The van der Waals surface area contributed by atoms with E-state index in [1.165, 1.54) is 11.3 Å². The van der Waals surface area contributed by atoms with Crippen molar-refractivity contribution in [3.8, 4) is 10.6 Å². The Morgan fingerprint density at radius 2 is 2.00 bits per heavy atom. The third kappa shape index (κ3) is 2.89. The van der Waals surface area contributed by atoms with E-state index in [1.807, 2.05) is 29.6 Å². The molecule has 17 heavy (non-hydrogen) atoms. The molecule has 0 radical (unpaired) electrons. The average molecular weight is 247 g/mol. The van der Waals surface area contributed by atoms with Gasteiger partial charge in [0.2, 0.25) is 5.91 Å². The maximum Gasteiger partial charge on any atom is 0.223 e. The number of amides is 1. The zero-order valence-corrected chi connectivity index (χ0v) is 10.0. The molecule has 88 valence electrons. The molecule has 1 amide bonds. The number of rotatable bonds is 4. The van der Waals surface area contributed by atoms with Crippen LogP contribution in [0, 0.1) is 0 Å². The van der Waals surface area contributed by atoms with Crippen LogP contribution in [0.5, 0.6) is 0 Å². The maximum atomic E-state index is 10.8. The van der Waals surface area contributed by atoms with Crippen LogP contribution in [-0.4, -0.2) is 10.9 Å².